The molecule has 0 aliphatic carbocycles. The molecule has 4 nitrogen and oxygen atoms in total. The van der Waals surface area contributed by atoms with Crippen LogP contribution in [-0.4, -0.2) is 32.6 Å². The molecule has 3 heterocycles. The summed E-state index contributed by atoms with van der Waals surface area (Å²) >= 11 is 6.72. The average Bonchev–Trinajstić information content (AvgIpc) is 3.40. The van der Waals surface area contributed by atoms with Crippen LogP contribution in [0.2, 0.25) is 5.02 Å². The van der Waals surface area contributed by atoms with Crippen molar-refractivity contribution in [2.24, 2.45) is 29.1 Å². The number of benzene rings is 1. The number of hydrogen-bond acceptors (Lipinski definition) is 3. The topological polar surface area (TPSA) is 41.3 Å². The number of likely N-dealkylation sites (tertiary alicyclic amines) is 1. The number of nitrogens with zero attached hydrogens (tertiary/aromatic N) is 3. The molecule has 1 aliphatic heterocycles. The number of aromatic nitrogens is 2. The van der Waals surface area contributed by atoms with Crippen LogP contribution in [0.25, 0.3) is 11.0 Å². The van der Waals surface area contributed by atoms with E-state index in [1.54, 1.807) is 6.20 Å². The lowest BCUT2D eigenvalue weighted by molar-refractivity contribution is 0.0356. The summed E-state index contributed by atoms with van der Waals surface area (Å²) in [5.41, 5.74) is 3.60. The molecule has 5 heteroatoms. The van der Waals surface area contributed by atoms with Crippen molar-refractivity contribution in [3.8, 4) is 0 Å². The van der Waals surface area contributed by atoms with Gasteiger partial charge in [0, 0.05) is 48.9 Å². The van der Waals surface area contributed by atoms with Crippen molar-refractivity contribution < 1.29 is 5.11 Å². The van der Waals surface area contributed by atoms with Crippen molar-refractivity contribution in [2.45, 2.75) is 125 Å². The number of aryl methyl sites for hydroxylation is 1. The van der Waals surface area contributed by atoms with E-state index in [2.05, 4.69) is 93.6 Å². The molecule has 3 aromatic rings. The molecule has 4 rings (SSSR count). The van der Waals surface area contributed by atoms with Gasteiger partial charge in [-0.25, -0.2) is 4.98 Å². The molecular weight excluding hydrogens is 562 g/mol. The fourth-order valence-corrected chi connectivity index (χ4v) is 8.91. The molecule has 0 spiro atoms. The molecule has 44 heavy (non-hydrogen) atoms. The highest BCUT2D eigenvalue weighted by molar-refractivity contribution is 6.32. The maximum atomic E-state index is 11.6. The lowest BCUT2D eigenvalue weighted by Crippen LogP contribution is -2.38. The van der Waals surface area contributed by atoms with E-state index in [1.165, 1.54) is 50.5 Å². The van der Waals surface area contributed by atoms with Gasteiger partial charge < -0.3 is 9.67 Å². The fourth-order valence-electron chi connectivity index (χ4n) is 8.65. The smallest absolute Gasteiger partial charge is 0.140 e. The van der Waals surface area contributed by atoms with Gasteiger partial charge in [-0.05, 0) is 67.0 Å². The van der Waals surface area contributed by atoms with E-state index in [9.17, 15) is 5.11 Å². The highest BCUT2D eigenvalue weighted by Gasteiger charge is 2.39. The zero-order valence-corrected chi connectivity index (χ0v) is 29.3. The van der Waals surface area contributed by atoms with Crippen LogP contribution in [0.4, 0.5) is 0 Å². The monoisotopic (exact) mass is 621 g/mol. The number of rotatable bonds is 17. The van der Waals surface area contributed by atoms with E-state index in [0.29, 0.717) is 10.4 Å². The number of unbranched alkanes of at least 4 members (excludes halogenated alkanes) is 6. The van der Waals surface area contributed by atoms with Gasteiger partial charge in [-0.15, -0.1) is 0 Å². The Kier molecular flexibility index (Phi) is 13.2. The van der Waals surface area contributed by atoms with E-state index in [1.807, 2.05) is 0 Å². The first-order valence-electron chi connectivity index (χ1n) is 17.7. The van der Waals surface area contributed by atoms with Crippen molar-refractivity contribution in [3.05, 3.63) is 64.9 Å². The zero-order valence-electron chi connectivity index (χ0n) is 28.6. The van der Waals surface area contributed by atoms with Gasteiger partial charge in [0.1, 0.15) is 5.65 Å². The van der Waals surface area contributed by atoms with Gasteiger partial charge in [0.15, 0.2) is 0 Å². The third kappa shape index (κ3) is 8.47. The van der Waals surface area contributed by atoms with E-state index < -0.39 is 6.10 Å². The van der Waals surface area contributed by atoms with Crippen molar-refractivity contribution >= 4 is 22.6 Å². The predicted molar refractivity (Wildman–Crippen MR) is 188 cm³/mol. The van der Waals surface area contributed by atoms with Gasteiger partial charge in [0.2, 0.25) is 0 Å². The van der Waals surface area contributed by atoms with Crippen molar-refractivity contribution in [1.82, 2.24) is 14.5 Å². The maximum absolute atomic E-state index is 11.6. The summed E-state index contributed by atoms with van der Waals surface area (Å²) in [7, 11) is 0. The maximum Gasteiger partial charge on any atom is 0.140 e. The summed E-state index contributed by atoms with van der Waals surface area (Å²) in [6.07, 6.45) is 15.9. The Balaban J connectivity index is 1.24. The Morgan fingerprint density at radius 3 is 2.18 bits per heavy atom. The molecule has 2 unspecified atom stereocenters. The minimum atomic E-state index is -0.589. The van der Waals surface area contributed by atoms with Crippen LogP contribution in [-0.2, 0) is 13.1 Å². The molecule has 1 N–H and O–H groups in total. The third-order valence-electron chi connectivity index (χ3n) is 11.0. The van der Waals surface area contributed by atoms with Crippen LogP contribution in [0.1, 0.15) is 123 Å². The molecule has 1 aliphatic rings. The summed E-state index contributed by atoms with van der Waals surface area (Å²) in [6.45, 7) is 18.4. The molecule has 244 valence electrons. The number of aliphatic hydroxyl groups excluding tert-OH is 1. The third-order valence-corrected chi connectivity index (χ3v) is 11.3. The number of hydrogen-bond donors (Lipinski definition) is 1. The largest absolute Gasteiger partial charge is 0.388 e. The average molecular weight is 622 g/mol. The first kappa shape index (κ1) is 35.0. The highest BCUT2D eigenvalue weighted by atomic mass is 35.5. The molecule has 2 atom stereocenters. The molecule has 0 radical (unpaired) electrons. The summed E-state index contributed by atoms with van der Waals surface area (Å²) in [5, 5.41) is 13.2. The Hall–Kier alpha value is -1.88. The van der Waals surface area contributed by atoms with Crippen molar-refractivity contribution in [3.63, 3.8) is 0 Å². The van der Waals surface area contributed by atoms with Crippen LogP contribution in [0.5, 0.6) is 0 Å². The summed E-state index contributed by atoms with van der Waals surface area (Å²) in [5.74, 6) is 2.37. The Morgan fingerprint density at radius 2 is 1.52 bits per heavy atom. The fraction of sp³-hybridized carbons (Fsp3) is 0.667. The van der Waals surface area contributed by atoms with E-state index in [4.69, 9.17) is 16.6 Å². The van der Waals surface area contributed by atoms with Crippen LogP contribution < -0.4 is 0 Å². The second-order valence-electron chi connectivity index (χ2n) is 14.6. The van der Waals surface area contributed by atoms with Gasteiger partial charge in [-0.3, -0.25) is 4.90 Å². The van der Waals surface area contributed by atoms with E-state index in [0.717, 1.165) is 79.8 Å². The van der Waals surface area contributed by atoms with Gasteiger partial charge in [-0.1, -0.05) is 122 Å². The van der Waals surface area contributed by atoms with Gasteiger partial charge >= 0.3 is 0 Å². The molecule has 1 saturated heterocycles. The summed E-state index contributed by atoms with van der Waals surface area (Å²) in [6, 6.07) is 12.7. The van der Waals surface area contributed by atoms with E-state index in [-0.39, 0.29) is 5.92 Å². The summed E-state index contributed by atoms with van der Waals surface area (Å²) < 4.78 is 2.26. The van der Waals surface area contributed by atoms with E-state index >= 15 is 0 Å². The number of pyridine rings is 1. The molecule has 0 saturated carbocycles. The van der Waals surface area contributed by atoms with Crippen LogP contribution in [0, 0.1) is 29.1 Å². The first-order chi connectivity index (χ1) is 21.1. The van der Waals surface area contributed by atoms with Gasteiger partial charge in [-0.2, -0.15) is 0 Å². The molecule has 1 aromatic carbocycles. The number of halogens is 1. The highest BCUT2D eigenvalue weighted by Crippen LogP contribution is 2.47. The zero-order chi connectivity index (χ0) is 31.7. The molecule has 0 bridgehead atoms. The number of piperidine rings is 1. The predicted octanol–water partition coefficient (Wildman–Crippen LogP) is 10.7. The van der Waals surface area contributed by atoms with Gasteiger partial charge in [0.25, 0.3) is 0 Å². The standard InChI is InChI=1S/C39H60ClN3O/c1-29(2)39(30(3)4,31(5)6)22-15-10-8-7-9-11-16-24-43-25-21-34-36(35(40)26-41-38(34)43)37(44)33-20-17-23-42(28-33)27-32-18-13-12-14-19-32/h12-14,18-19,21,25-26,29-31,33,37,44H,7-11,15-17,20,22-24,27-28H2,1-6H3. The Labute approximate surface area is 273 Å². The SMILES string of the molecule is CC(C)C(CCCCCCCCCn1ccc2c(C(O)C3CCCN(Cc4ccccc4)C3)c(Cl)cnc21)(C(C)C)C(C)C. The molecule has 2 aromatic heterocycles. The molecule has 1 fully saturated rings. The molecular formula is C39H60ClN3O. The minimum Gasteiger partial charge on any atom is -0.388 e. The lowest BCUT2D eigenvalue weighted by atomic mass is 9.60. The number of fused-ring (bicyclic) bond motifs is 1. The second kappa shape index (κ2) is 16.6. The Morgan fingerprint density at radius 1 is 0.886 bits per heavy atom. The van der Waals surface area contributed by atoms with Crippen LogP contribution in [0.15, 0.2) is 48.8 Å². The number of aliphatic hydroxyl groups is 1. The quantitative estimate of drug-likeness (QED) is 0.152. The van der Waals surface area contributed by atoms with Crippen molar-refractivity contribution in [2.75, 3.05) is 13.1 Å². The van der Waals surface area contributed by atoms with Gasteiger partial charge in [0.05, 0.1) is 11.1 Å². The van der Waals surface area contributed by atoms with Crippen LogP contribution in [0.3, 0.4) is 0 Å². The normalized spacial score (nSPS) is 17.4. The Bertz CT molecular complexity index is 1250. The first-order valence-corrected chi connectivity index (χ1v) is 18.1. The second-order valence-corrected chi connectivity index (χ2v) is 15.0. The summed E-state index contributed by atoms with van der Waals surface area (Å²) in [4.78, 5) is 7.19. The molecule has 0 amide bonds. The minimum absolute atomic E-state index is 0.163. The van der Waals surface area contributed by atoms with Crippen LogP contribution >= 0.6 is 11.6 Å². The van der Waals surface area contributed by atoms with Crippen molar-refractivity contribution in [1.29, 1.82) is 0 Å². The lowest BCUT2D eigenvalue weighted by Gasteiger charge is -2.45.